The van der Waals surface area contributed by atoms with E-state index in [9.17, 15) is 5.11 Å². The predicted molar refractivity (Wildman–Crippen MR) is 210 cm³/mol. The van der Waals surface area contributed by atoms with Gasteiger partial charge in [0.05, 0.1) is 0 Å². The summed E-state index contributed by atoms with van der Waals surface area (Å²) < 4.78 is 12.6. The summed E-state index contributed by atoms with van der Waals surface area (Å²) in [4.78, 5) is 0. The number of rotatable bonds is 24. The molecule has 0 aliphatic carbocycles. The monoisotopic (exact) mass is 669 g/mol. The highest BCUT2D eigenvalue weighted by molar-refractivity contribution is 5.41. The molecule has 3 aromatic carbocycles. The molecule has 0 radical (unpaired) electrons. The van der Waals surface area contributed by atoms with Gasteiger partial charge in [0.15, 0.2) is 0 Å². The van der Waals surface area contributed by atoms with Gasteiger partial charge in [-0.3, -0.25) is 0 Å². The molecule has 270 valence electrons. The summed E-state index contributed by atoms with van der Waals surface area (Å²) in [6.07, 6.45) is 21.1. The Balaban J connectivity index is 1.42. The smallest absolute Gasteiger partial charge is 0.135 e. The maximum atomic E-state index is 11.3. The average Bonchev–Trinajstić information content (AvgIpc) is 3.12. The second kappa shape index (κ2) is 21.2. The van der Waals surface area contributed by atoms with Gasteiger partial charge in [-0.2, -0.15) is 0 Å². The van der Waals surface area contributed by atoms with Gasteiger partial charge in [0.25, 0.3) is 0 Å². The number of ether oxygens (including phenoxy) is 2. The normalized spacial score (nSPS) is 14.4. The van der Waals surface area contributed by atoms with E-state index in [1.165, 1.54) is 92.9 Å². The van der Waals surface area contributed by atoms with Crippen molar-refractivity contribution in [3.63, 3.8) is 0 Å². The molecule has 0 fully saturated rings. The SMILES string of the molecule is CCCC/C=C/CCCCCCCCCc1cccc(OCC(O)C(C)(CC)Oc2ccc(C(C)(C)c3ccc(C(C)CC)cc3)cc2)c1. The summed E-state index contributed by atoms with van der Waals surface area (Å²) in [7, 11) is 0. The highest BCUT2D eigenvalue weighted by Crippen LogP contribution is 2.34. The Morgan fingerprint density at radius 1 is 0.694 bits per heavy atom. The number of unbranched alkanes of at least 4 members (excludes halogenated alkanes) is 9. The number of aliphatic hydroxyl groups excluding tert-OH is 1. The molecule has 3 aromatic rings. The van der Waals surface area contributed by atoms with Crippen LogP contribution < -0.4 is 9.47 Å². The van der Waals surface area contributed by atoms with Crippen molar-refractivity contribution in [3.05, 3.63) is 107 Å². The molecular weight excluding hydrogens is 601 g/mol. The second-order valence-corrected chi connectivity index (χ2v) is 15.0. The van der Waals surface area contributed by atoms with Crippen LogP contribution in [0.3, 0.4) is 0 Å². The molecule has 3 rings (SSSR count). The number of hydrogen-bond acceptors (Lipinski definition) is 3. The van der Waals surface area contributed by atoms with Crippen molar-refractivity contribution < 1.29 is 14.6 Å². The number of allylic oxidation sites excluding steroid dienone is 2. The van der Waals surface area contributed by atoms with Crippen molar-refractivity contribution >= 4 is 0 Å². The lowest BCUT2D eigenvalue weighted by Crippen LogP contribution is -2.47. The van der Waals surface area contributed by atoms with Gasteiger partial charge >= 0.3 is 0 Å². The second-order valence-electron chi connectivity index (χ2n) is 15.0. The molecule has 1 N–H and O–H groups in total. The van der Waals surface area contributed by atoms with Crippen molar-refractivity contribution in [1.82, 2.24) is 0 Å². The highest BCUT2D eigenvalue weighted by atomic mass is 16.5. The Bertz CT molecular complexity index is 1340. The first kappa shape index (κ1) is 40.4. The number of benzene rings is 3. The van der Waals surface area contributed by atoms with Crippen molar-refractivity contribution in [3.8, 4) is 11.5 Å². The molecule has 0 bridgehead atoms. The van der Waals surface area contributed by atoms with E-state index in [4.69, 9.17) is 9.47 Å². The summed E-state index contributed by atoms with van der Waals surface area (Å²) in [5.41, 5.74) is 4.31. The van der Waals surface area contributed by atoms with Crippen LogP contribution in [0.5, 0.6) is 11.5 Å². The van der Waals surface area contributed by atoms with Gasteiger partial charge in [0, 0.05) is 5.41 Å². The molecule has 49 heavy (non-hydrogen) atoms. The first-order chi connectivity index (χ1) is 23.6. The summed E-state index contributed by atoms with van der Waals surface area (Å²) in [5, 5.41) is 11.3. The lowest BCUT2D eigenvalue weighted by Gasteiger charge is -2.34. The van der Waals surface area contributed by atoms with Crippen molar-refractivity contribution in [1.29, 1.82) is 0 Å². The Kier molecular flexibility index (Phi) is 17.5. The number of aliphatic hydroxyl groups is 1. The van der Waals surface area contributed by atoms with E-state index in [2.05, 4.69) is 108 Å². The van der Waals surface area contributed by atoms with Crippen LogP contribution in [-0.4, -0.2) is 23.4 Å². The molecule has 0 heterocycles. The molecule has 0 aliphatic heterocycles. The van der Waals surface area contributed by atoms with Crippen molar-refractivity contribution in [2.75, 3.05) is 6.61 Å². The molecule has 0 spiro atoms. The van der Waals surface area contributed by atoms with E-state index in [0.29, 0.717) is 12.3 Å². The van der Waals surface area contributed by atoms with E-state index in [0.717, 1.165) is 24.3 Å². The molecule has 3 heteroatoms. The third-order valence-electron chi connectivity index (χ3n) is 10.7. The Labute approximate surface area is 300 Å². The van der Waals surface area contributed by atoms with Gasteiger partial charge < -0.3 is 14.6 Å². The lowest BCUT2D eigenvalue weighted by atomic mass is 9.77. The molecule has 0 saturated heterocycles. The maximum absolute atomic E-state index is 11.3. The van der Waals surface area contributed by atoms with Gasteiger partial charge in [0.1, 0.15) is 29.8 Å². The van der Waals surface area contributed by atoms with E-state index < -0.39 is 11.7 Å². The molecule has 3 atom stereocenters. The van der Waals surface area contributed by atoms with Crippen LogP contribution in [0.25, 0.3) is 0 Å². The zero-order valence-corrected chi connectivity index (χ0v) is 32.1. The lowest BCUT2D eigenvalue weighted by molar-refractivity contribution is -0.0630. The minimum absolute atomic E-state index is 0.132. The van der Waals surface area contributed by atoms with Crippen LogP contribution >= 0.6 is 0 Å². The number of hydrogen-bond donors (Lipinski definition) is 1. The molecule has 3 nitrogen and oxygen atoms in total. The first-order valence-electron chi connectivity index (χ1n) is 19.6. The van der Waals surface area contributed by atoms with E-state index >= 15 is 0 Å². The van der Waals surface area contributed by atoms with Crippen LogP contribution in [0, 0.1) is 0 Å². The molecule has 0 amide bonds. The molecule has 0 saturated carbocycles. The predicted octanol–water partition coefficient (Wildman–Crippen LogP) is 12.9. The molecule has 0 aromatic heterocycles. The Morgan fingerprint density at radius 3 is 1.90 bits per heavy atom. The van der Waals surface area contributed by atoms with Gasteiger partial charge in [-0.15, -0.1) is 0 Å². The van der Waals surface area contributed by atoms with Gasteiger partial charge in [-0.1, -0.05) is 147 Å². The third-order valence-corrected chi connectivity index (χ3v) is 10.7. The minimum Gasteiger partial charge on any atom is -0.491 e. The van der Waals surface area contributed by atoms with Crippen molar-refractivity contribution in [2.45, 2.75) is 161 Å². The first-order valence-corrected chi connectivity index (χ1v) is 19.6. The van der Waals surface area contributed by atoms with E-state index in [1.807, 2.05) is 25.1 Å². The standard InChI is InChI=1S/C46H68O3/c1-8-11-12-13-14-15-16-17-18-19-20-21-22-24-38-25-23-26-43(35-38)48-36-44(47)46(7,10-3)49-42-33-31-41(32-34-42)45(5,6)40-29-27-39(28-30-40)37(4)9-2/h13-14,23,25-35,37,44,47H,8-12,15-22,24,36H2,1-7H3/b14-13+. The fraction of sp³-hybridized carbons (Fsp3) is 0.565. The topological polar surface area (TPSA) is 38.7 Å². The van der Waals surface area contributed by atoms with Gasteiger partial charge in [-0.25, -0.2) is 0 Å². The van der Waals surface area contributed by atoms with Crippen molar-refractivity contribution in [2.24, 2.45) is 0 Å². The van der Waals surface area contributed by atoms with Crippen LogP contribution in [0.4, 0.5) is 0 Å². The third kappa shape index (κ3) is 13.3. The average molecular weight is 669 g/mol. The van der Waals surface area contributed by atoms with Crippen LogP contribution in [0.2, 0.25) is 0 Å². The molecular formula is C46H68O3. The van der Waals surface area contributed by atoms with Crippen LogP contribution in [0.15, 0.2) is 84.9 Å². The van der Waals surface area contributed by atoms with Crippen LogP contribution in [0.1, 0.15) is 160 Å². The minimum atomic E-state index is -0.779. The highest BCUT2D eigenvalue weighted by Gasteiger charge is 2.34. The summed E-state index contributed by atoms with van der Waals surface area (Å²) in [6.45, 7) is 15.5. The maximum Gasteiger partial charge on any atom is 0.135 e. The van der Waals surface area contributed by atoms with Gasteiger partial charge in [-0.05, 0) is 104 Å². The fourth-order valence-electron chi connectivity index (χ4n) is 6.39. The van der Waals surface area contributed by atoms with E-state index in [-0.39, 0.29) is 12.0 Å². The van der Waals surface area contributed by atoms with Crippen LogP contribution in [-0.2, 0) is 11.8 Å². The molecule has 3 unspecified atom stereocenters. The van der Waals surface area contributed by atoms with Gasteiger partial charge in [0.2, 0.25) is 0 Å². The summed E-state index contributed by atoms with van der Waals surface area (Å²) >= 11 is 0. The summed E-state index contributed by atoms with van der Waals surface area (Å²) in [5.74, 6) is 2.14. The largest absolute Gasteiger partial charge is 0.491 e. The number of aryl methyl sites for hydroxylation is 1. The zero-order valence-electron chi connectivity index (χ0n) is 32.1. The zero-order chi connectivity index (χ0) is 35.5. The van der Waals surface area contributed by atoms with E-state index in [1.54, 1.807) is 0 Å². The summed E-state index contributed by atoms with van der Waals surface area (Å²) in [6, 6.07) is 25.8. The quantitative estimate of drug-likeness (QED) is 0.0762. The Morgan fingerprint density at radius 2 is 1.29 bits per heavy atom. The Hall–Kier alpha value is -3.04. The fourth-order valence-corrected chi connectivity index (χ4v) is 6.39. The molecule has 0 aliphatic rings.